The smallest absolute Gasteiger partial charge is 0.330 e. The summed E-state index contributed by atoms with van der Waals surface area (Å²) in [5, 5.41) is 19.1. The zero-order valence-corrected chi connectivity index (χ0v) is 13.3. The van der Waals surface area contributed by atoms with Crippen molar-refractivity contribution in [1.29, 1.82) is 0 Å². The van der Waals surface area contributed by atoms with Gasteiger partial charge in [-0.05, 0) is 6.92 Å². The maximum absolute atomic E-state index is 12.0. The molecule has 7 nitrogen and oxygen atoms in total. The molecule has 1 aromatic rings. The lowest BCUT2D eigenvalue weighted by Crippen LogP contribution is -2.37. The van der Waals surface area contributed by atoms with Crippen LogP contribution in [0.1, 0.15) is 18.7 Å². The standard InChI is InChI=1S/C12H18N2O5S2/c1-3-20-21-9-8(16)7(5-15)19-11(9)14-4-6(2)10(17)13-12(14)18/h4,7-9,11,15-16H,3,5H2,1-2H3,(H,13,17,18)/t7-,8+,9?,11-/m1/s1. The summed E-state index contributed by atoms with van der Waals surface area (Å²) >= 11 is 0. The summed E-state index contributed by atoms with van der Waals surface area (Å²) in [5.74, 6) is 0.837. The average Bonchev–Trinajstić information content (AvgIpc) is 2.77. The fourth-order valence-electron chi connectivity index (χ4n) is 2.12. The van der Waals surface area contributed by atoms with Crippen LogP contribution in [0.5, 0.6) is 0 Å². The number of hydrogen-bond acceptors (Lipinski definition) is 7. The summed E-state index contributed by atoms with van der Waals surface area (Å²) in [5.41, 5.74) is -0.652. The highest BCUT2D eigenvalue weighted by atomic mass is 33.1. The molecule has 1 aromatic heterocycles. The molecule has 21 heavy (non-hydrogen) atoms. The van der Waals surface area contributed by atoms with E-state index in [0.29, 0.717) is 5.56 Å². The monoisotopic (exact) mass is 334 g/mol. The van der Waals surface area contributed by atoms with Gasteiger partial charge in [0, 0.05) is 17.5 Å². The highest BCUT2D eigenvalue weighted by Gasteiger charge is 2.45. The molecule has 0 amide bonds. The van der Waals surface area contributed by atoms with E-state index in [1.54, 1.807) is 17.7 Å². The summed E-state index contributed by atoms with van der Waals surface area (Å²) in [6.07, 6.45) is -0.945. The van der Waals surface area contributed by atoms with Gasteiger partial charge < -0.3 is 14.9 Å². The fraction of sp³-hybridized carbons (Fsp3) is 0.667. The molecule has 9 heteroatoms. The predicted octanol–water partition coefficient (Wildman–Crippen LogP) is -0.134. The molecule has 118 valence electrons. The Morgan fingerprint density at radius 2 is 2.19 bits per heavy atom. The van der Waals surface area contributed by atoms with Crippen molar-refractivity contribution in [3.05, 3.63) is 32.6 Å². The van der Waals surface area contributed by atoms with E-state index in [2.05, 4.69) is 4.98 Å². The maximum atomic E-state index is 12.0. The first kappa shape index (κ1) is 16.6. The summed E-state index contributed by atoms with van der Waals surface area (Å²) in [6, 6.07) is 0. The Morgan fingerprint density at radius 3 is 2.81 bits per heavy atom. The Labute approximate surface area is 129 Å². The molecule has 0 saturated carbocycles. The Hall–Kier alpha value is -0.740. The fourth-order valence-corrected chi connectivity index (χ4v) is 4.50. The van der Waals surface area contributed by atoms with Gasteiger partial charge in [-0.15, -0.1) is 0 Å². The van der Waals surface area contributed by atoms with Crippen LogP contribution in [0.2, 0.25) is 0 Å². The molecule has 1 aliphatic heterocycles. The van der Waals surface area contributed by atoms with Crippen molar-refractivity contribution in [3.8, 4) is 0 Å². The van der Waals surface area contributed by atoms with Crippen LogP contribution < -0.4 is 11.2 Å². The van der Waals surface area contributed by atoms with Gasteiger partial charge in [-0.3, -0.25) is 14.3 Å². The molecule has 0 bridgehead atoms. The molecule has 2 rings (SSSR count). The highest BCUT2D eigenvalue weighted by Crippen LogP contribution is 2.42. The van der Waals surface area contributed by atoms with Crippen molar-refractivity contribution in [2.24, 2.45) is 0 Å². The zero-order chi connectivity index (χ0) is 15.6. The summed E-state index contributed by atoms with van der Waals surface area (Å²) in [7, 11) is 2.95. The van der Waals surface area contributed by atoms with Crippen LogP contribution in [0.4, 0.5) is 0 Å². The average molecular weight is 334 g/mol. The number of aromatic nitrogens is 2. The van der Waals surface area contributed by atoms with Gasteiger partial charge in [0.05, 0.1) is 18.0 Å². The molecule has 1 saturated heterocycles. The number of H-pyrrole nitrogens is 1. The van der Waals surface area contributed by atoms with Gasteiger partial charge in [0.25, 0.3) is 5.56 Å². The van der Waals surface area contributed by atoms with E-state index in [0.717, 1.165) is 5.75 Å². The zero-order valence-electron chi connectivity index (χ0n) is 11.7. The van der Waals surface area contributed by atoms with Crippen LogP contribution in [0.25, 0.3) is 0 Å². The third kappa shape index (κ3) is 3.37. The number of hydrogen-bond donors (Lipinski definition) is 3. The van der Waals surface area contributed by atoms with Crippen molar-refractivity contribution in [2.45, 2.75) is 37.5 Å². The molecule has 0 aromatic carbocycles. The van der Waals surface area contributed by atoms with Gasteiger partial charge in [-0.1, -0.05) is 28.5 Å². The largest absolute Gasteiger partial charge is 0.394 e. The number of aliphatic hydroxyl groups is 2. The number of nitrogens with zero attached hydrogens (tertiary/aromatic N) is 1. The Balaban J connectivity index is 2.37. The predicted molar refractivity (Wildman–Crippen MR) is 82.6 cm³/mol. The second-order valence-corrected chi connectivity index (χ2v) is 7.52. The second kappa shape index (κ2) is 7.01. The first-order valence-electron chi connectivity index (χ1n) is 6.54. The number of nitrogens with one attached hydrogen (secondary N) is 1. The van der Waals surface area contributed by atoms with E-state index in [-0.39, 0.29) is 6.61 Å². The van der Waals surface area contributed by atoms with Crippen molar-refractivity contribution in [3.63, 3.8) is 0 Å². The number of aromatic amines is 1. The molecular weight excluding hydrogens is 316 g/mol. The number of rotatable bonds is 5. The summed E-state index contributed by atoms with van der Waals surface area (Å²) < 4.78 is 6.87. The van der Waals surface area contributed by atoms with Gasteiger partial charge in [0.1, 0.15) is 6.10 Å². The van der Waals surface area contributed by atoms with Crippen molar-refractivity contribution < 1.29 is 14.9 Å². The van der Waals surface area contributed by atoms with Gasteiger partial charge in [-0.2, -0.15) is 0 Å². The Morgan fingerprint density at radius 1 is 1.48 bits per heavy atom. The van der Waals surface area contributed by atoms with E-state index in [9.17, 15) is 19.8 Å². The summed E-state index contributed by atoms with van der Waals surface area (Å²) in [4.78, 5) is 25.6. The lowest BCUT2D eigenvalue weighted by atomic mass is 10.2. The normalized spacial score (nSPS) is 29.0. The first-order valence-corrected chi connectivity index (χ1v) is 8.92. The Bertz CT molecular complexity index is 602. The van der Waals surface area contributed by atoms with Crippen LogP contribution in [0.3, 0.4) is 0 Å². The van der Waals surface area contributed by atoms with E-state index >= 15 is 0 Å². The number of ether oxygens (including phenoxy) is 1. The number of aliphatic hydroxyl groups excluding tert-OH is 2. The Kier molecular flexibility index (Phi) is 5.55. The second-order valence-electron chi connectivity index (χ2n) is 4.68. The van der Waals surface area contributed by atoms with Crippen LogP contribution in [0, 0.1) is 6.92 Å². The lowest BCUT2D eigenvalue weighted by Gasteiger charge is -2.20. The van der Waals surface area contributed by atoms with Gasteiger partial charge in [0.2, 0.25) is 0 Å². The molecule has 4 atom stereocenters. The molecule has 1 aliphatic rings. The molecular formula is C12H18N2O5S2. The SMILES string of the molecule is CCSSC1[C@@H](O)[C@@H](CO)O[C@H]1n1cc(C)c(=O)[nH]c1=O. The van der Waals surface area contributed by atoms with Crippen LogP contribution >= 0.6 is 21.6 Å². The van der Waals surface area contributed by atoms with Gasteiger partial charge >= 0.3 is 5.69 Å². The number of aryl methyl sites for hydroxylation is 1. The van der Waals surface area contributed by atoms with E-state index in [1.807, 2.05) is 6.92 Å². The topological polar surface area (TPSA) is 105 Å². The first-order chi connectivity index (χ1) is 9.99. The minimum absolute atomic E-state index is 0.331. The molecule has 0 radical (unpaired) electrons. The van der Waals surface area contributed by atoms with Crippen molar-refractivity contribution in [2.75, 3.05) is 12.4 Å². The minimum atomic E-state index is -0.886. The molecule has 1 fully saturated rings. The third-order valence-electron chi connectivity index (χ3n) is 3.21. The molecule has 2 heterocycles. The van der Waals surface area contributed by atoms with Crippen molar-refractivity contribution in [1.82, 2.24) is 9.55 Å². The van der Waals surface area contributed by atoms with Crippen LogP contribution in [-0.4, -0.2) is 49.6 Å². The van der Waals surface area contributed by atoms with E-state index in [4.69, 9.17) is 4.74 Å². The lowest BCUT2D eigenvalue weighted by molar-refractivity contribution is -0.0457. The van der Waals surface area contributed by atoms with E-state index < -0.39 is 34.9 Å². The van der Waals surface area contributed by atoms with E-state index in [1.165, 1.54) is 21.6 Å². The molecule has 0 aliphatic carbocycles. The minimum Gasteiger partial charge on any atom is -0.394 e. The van der Waals surface area contributed by atoms with Gasteiger partial charge in [-0.25, -0.2) is 4.79 Å². The maximum Gasteiger partial charge on any atom is 0.330 e. The quantitative estimate of drug-likeness (QED) is 0.644. The van der Waals surface area contributed by atoms with Gasteiger partial charge in [0.15, 0.2) is 6.23 Å². The molecule has 0 spiro atoms. The highest BCUT2D eigenvalue weighted by molar-refractivity contribution is 8.76. The van der Waals surface area contributed by atoms with Crippen LogP contribution in [-0.2, 0) is 4.74 Å². The molecule has 3 N–H and O–H groups in total. The van der Waals surface area contributed by atoms with Crippen molar-refractivity contribution >= 4 is 21.6 Å². The molecule has 1 unspecified atom stereocenters. The third-order valence-corrected chi connectivity index (χ3v) is 6.10. The summed E-state index contributed by atoms with van der Waals surface area (Å²) in [6.45, 7) is 3.24. The van der Waals surface area contributed by atoms with Crippen LogP contribution in [0.15, 0.2) is 15.8 Å².